The normalized spacial score (nSPS) is 14.7. The minimum Gasteiger partial charge on any atom is -0.349 e. The molecule has 2 N–H and O–H groups in total. The van der Waals surface area contributed by atoms with Gasteiger partial charge in [-0.3, -0.25) is 9.59 Å². The van der Waals surface area contributed by atoms with E-state index in [1.807, 2.05) is 18.5 Å². The number of amides is 2. The van der Waals surface area contributed by atoms with E-state index >= 15 is 0 Å². The monoisotopic (exact) mass is 453 g/mol. The van der Waals surface area contributed by atoms with E-state index in [1.54, 1.807) is 37.4 Å². The van der Waals surface area contributed by atoms with Crippen LogP contribution < -0.4 is 10.6 Å². The number of fused-ring (bicyclic) bond motifs is 1. The molecule has 2 aromatic heterocycles. The molecule has 1 aromatic carbocycles. The quantitative estimate of drug-likeness (QED) is 0.549. The van der Waals surface area contributed by atoms with Crippen LogP contribution in [0.1, 0.15) is 78.4 Å². The molecule has 4 rings (SSSR count). The Morgan fingerprint density at radius 2 is 1.84 bits per heavy atom. The van der Waals surface area contributed by atoms with Gasteiger partial charge in [0.25, 0.3) is 11.8 Å². The zero-order valence-corrected chi connectivity index (χ0v) is 19.4. The Labute approximate surface area is 192 Å². The van der Waals surface area contributed by atoms with E-state index in [2.05, 4.69) is 20.7 Å². The number of carbonyl (C=O) groups excluding carboxylic acids is 2. The van der Waals surface area contributed by atoms with Gasteiger partial charge in [-0.1, -0.05) is 30.9 Å². The first kappa shape index (κ1) is 22.3. The molecule has 0 bridgehead atoms. The summed E-state index contributed by atoms with van der Waals surface area (Å²) in [6.07, 6.45) is 7.16. The number of carbonyl (C=O) groups is 2. The zero-order chi connectivity index (χ0) is 22.8. The SMILES string of the molecule is Cc1nc2c(cnn2C(C)C)cc1C(=O)Nc1ccc(Cl)c(C(=O)NC2CCCCC2)c1. The minimum atomic E-state index is -0.296. The molecule has 168 valence electrons. The molecular weight excluding hydrogens is 426 g/mol. The van der Waals surface area contributed by atoms with Crippen molar-refractivity contribution in [2.45, 2.75) is 65.0 Å². The van der Waals surface area contributed by atoms with Crippen molar-refractivity contribution >= 4 is 40.1 Å². The Morgan fingerprint density at radius 3 is 2.56 bits per heavy atom. The van der Waals surface area contributed by atoms with Gasteiger partial charge in [0.2, 0.25) is 0 Å². The maximum atomic E-state index is 13.0. The largest absolute Gasteiger partial charge is 0.349 e. The van der Waals surface area contributed by atoms with Crippen LogP contribution in [-0.2, 0) is 0 Å². The molecule has 1 saturated carbocycles. The van der Waals surface area contributed by atoms with Gasteiger partial charge >= 0.3 is 0 Å². The van der Waals surface area contributed by atoms with Gasteiger partial charge in [-0.2, -0.15) is 5.10 Å². The third kappa shape index (κ3) is 4.63. The predicted octanol–water partition coefficient (Wildman–Crippen LogP) is 5.29. The summed E-state index contributed by atoms with van der Waals surface area (Å²) in [5.41, 5.74) is 2.69. The molecule has 1 aliphatic rings. The van der Waals surface area contributed by atoms with E-state index in [0.29, 0.717) is 27.5 Å². The zero-order valence-electron chi connectivity index (χ0n) is 18.6. The molecule has 1 fully saturated rings. The van der Waals surface area contributed by atoms with Crippen LogP contribution in [-0.4, -0.2) is 32.6 Å². The molecule has 0 spiro atoms. The smallest absolute Gasteiger partial charge is 0.257 e. The maximum absolute atomic E-state index is 13.0. The lowest BCUT2D eigenvalue weighted by Crippen LogP contribution is -2.36. The molecule has 1 aliphatic carbocycles. The number of halogens is 1. The second kappa shape index (κ2) is 9.28. The summed E-state index contributed by atoms with van der Waals surface area (Å²) in [6.45, 7) is 5.87. The molecule has 0 unspecified atom stereocenters. The molecule has 0 radical (unpaired) electrons. The molecule has 32 heavy (non-hydrogen) atoms. The van der Waals surface area contributed by atoms with Crippen molar-refractivity contribution in [2.75, 3.05) is 5.32 Å². The third-order valence-corrected chi connectivity index (χ3v) is 6.23. The Bertz CT molecular complexity index is 1160. The number of aromatic nitrogens is 3. The first-order valence-electron chi connectivity index (χ1n) is 11.1. The minimum absolute atomic E-state index is 0.173. The lowest BCUT2D eigenvalue weighted by atomic mass is 9.95. The Hall–Kier alpha value is -2.93. The van der Waals surface area contributed by atoms with Crippen molar-refractivity contribution in [3.8, 4) is 0 Å². The second-order valence-corrected chi connectivity index (χ2v) is 9.08. The summed E-state index contributed by atoms with van der Waals surface area (Å²) >= 11 is 6.29. The lowest BCUT2D eigenvalue weighted by molar-refractivity contribution is 0.0926. The molecule has 0 aliphatic heterocycles. The highest BCUT2D eigenvalue weighted by Gasteiger charge is 2.20. The Kier molecular flexibility index (Phi) is 6.46. The highest BCUT2D eigenvalue weighted by molar-refractivity contribution is 6.34. The fourth-order valence-corrected chi connectivity index (χ4v) is 4.36. The van der Waals surface area contributed by atoms with E-state index in [4.69, 9.17) is 11.6 Å². The van der Waals surface area contributed by atoms with Crippen LogP contribution in [0.5, 0.6) is 0 Å². The topological polar surface area (TPSA) is 88.9 Å². The molecule has 3 aromatic rings. The van der Waals surface area contributed by atoms with Crippen molar-refractivity contribution in [1.82, 2.24) is 20.1 Å². The lowest BCUT2D eigenvalue weighted by Gasteiger charge is -2.23. The number of hydrogen-bond donors (Lipinski definition) is 2. The highest BCUT2D eigenvalue weighted by Crippen LogP contribution is 2.24. The summed E-state index contributed by atoms with van der Waals surface area (Å²) in [4.78, 5) is 30.4. The Balaban J connectivity index is 1.54. The van der Waals surface area contributed by atoms with Crippen molar-refractivity contribution in [3.05, 3.63) is 52.3 Å². The summed E-state index contributed by atoms with van der Waals surface area (Å²) in [5, 5.41) is 11.5. The summed E-state index contributed by atoms with van der Waals surface area (Å²) in [6, 6.07) is 7.09. The van der Waals surface area contributed by atoms with Crippen LogP contribution in [0.3, 0.4) is 0 Å². The first-order chi connectivity index (χ1) is 15.3. The Morgan fingerprint density at radius 1 is 1.09 bits per heavy atom. The van der Waals surface area contributed by atoms with Crippen LogP contribution in [0, 0.1) is 6.92 Å². The van der Waals surface area contributed by atoms with E-state index in [0.717, 1.165) is 36.7 Å². The van der Waals surface area contributed by atoms with E-state index in [1.165, 1.54) is 6.42 Å². The average molecular weight is 454 g/mol. The van der Waals surface area contributed by atoms with Gasteiger partial charge in [0, 0.05) is 23.2 Å². The van der Waals surface area contributed by atoms with E-state index in [9.17, 15) is 9.59 Å². The maximum Gasteiger partial charge on any atom is 0.257 e. The molecule has 2 heterocycles. The summed E-state index contributed by atoms with van der Waals surface area (Å²) in [7, 11) is 0. The first-order valence-corrected chi connectivity index (χ1v) is 11.5. The van der Waals surface area contributed by atoms with Crippen LogP contribution in [0.15, 0.2) is 30.5 Å². The van der Waals surface area contributed by atoms with Gasteiger partial charge in [-0.05, 0) is 57.9 Å². The van der Waals surface area contributed by atoms with Crippen LogP contribution >= 0.6 is 11.6 Å². The van der Waals surface area contributed by atoms with Gasteiger partial charge in [-0.15, -0.1) is 0 Å². The summed E-state index contributed by atoms with van der Waals surface area (Å²) in [5.74, 6) is -0.506. The number of anilines is 1. The van der Waals surface area contributed by atoms with Gasteiger partial charge in [-0.25, -0.2) is 9.67 Å². The van der Waals surface area contributed by atoms with E-state index in [-0.39, 0.29) is 23.9 Å². The fourth-order valence-electron chi connectivity index (χ4n) is 4.16. The van der Waals surface area contributed by atoms with Crippen LogP contribution in [0.25, 0.3) is 11.0 Å². The number of benzene rings is 1. The number of nitrogens with one attached hydrogen (secondary N) is 2. The van der Waals surface area contributed by atoms with E-state index < -0.39 is 0 Å². The fraction of sp³-hybridized carbons (Fsp3) is 0.417. The highest BCUT2D eigenvalue weighted by atomic mass is 35.5. The van der Waals surface area contributed by atoms with Crippen molar-refractivity contribution in [2.24, 2.45) is 0 Å². The standard InChI is InChI=1S/C24H28ClN5O2/c1-14(2)30-22-16(13-26-30)11-19(15(3)27-22)23(31)29-18-9-10-21(25)20(12-18)24(32)28-17-7-5-4-6-8-17/h9-14,17H,4-8H2,1-3H3,(H,28,32)(H,29,31). The van der Waals surface area contributed by atoms with Crippen LogP contribution in [0.4, 0.5) is 5.69 Å². The summed E-state index contributed by atoms with van der Waals surface area (Å²) < 4.78 is 1.83. The molecule has 7 nitrogen and oxygen atoms in total. The van der Waals surface area contributed by atoms with Gasteiger partial charge in [0.15, 0.2) is 5.65 Å². The average Bonchev–Trinajstić information content (AvgIpc) is 3.18. The van der Waals surface area contributed by atoms with Crippen molar-refractivity contribution in [1.29, 1.82) is 0 Å². The third-order valence-electron chi connectivity index (χ3n) is 5.90. The number of rotatable bonds is 5. The molecule has 8 heteroatoms. The van der Waals surface area contributed by atoms with Gasteiger partial charge < -0.3 is 10.6 Å². The molecule has 2 amide bonds. The number of nitrogens with zero attached hydrogens (tertiary/aromatic N) is 3. The number of aryl methyl sites for hydroxylation is 1. The number of hydrogen-bond acceptors (Lipinski definition) is 4. The number of pyridine rings is 1. The second-order valence-electron chi connectivity index (χ2n) is 8.67. The van der Waals surface area contributed by atoms with Crippen molar-refractivity contribution < 1.29 is 9.59 Å². The van der Waals surface area contributed by atoms with Crippen molar-refractivity contribution in [3.63, 3.8) is 0 Å². The molecule has 0 atom stereocenters. The van der Waals surface area contributed by atoms with Gasteiger partial charge in [0.05, 0.1) is 28.0 Å². The van der Waals surface area contributed by atoms with Gasteiger partial charge in [0.1, 0.15) is 0 Å². The molecular formula is C24H28ClN5O2. The predicted molar refractivity (Wildman–Crippen MR) is 126 cm³/mol. The van der Waals surface area contributed by atoms with Crippen LogP contribution in [0.2, 0.25) is 5.02 Å². The molecule has 0 saturated heterocycles.